The molecule has 0 aromatic rings. The zero-order chi connectivity index (χ0) is 13.9. The van der Waals surface area contributed by atoms with E-state index in [9.17, 15) is 9.59 Å². The van der Waals surface area contributed by atoms with E-state index in [4.69, 9.17) is 10.6 Å². The van der Waals surface area contributed by atoms with Crippen molar-refractivity contribution in [2.24, 2.45) is 11.8 Å². The number of nitrogens with zero attached hydrogens (tertiary/aromatic N) is 1. The number of ether oxygens (including phenoxy) is 1. The molecule has 1 heterocycles. The van der Waals surface area contributed by atoms with Gasteiger partial charge in [-0.15, -0.1) is 0 Å². The summed E-state index contributed by atoms with van der Waals surface area (Å²) in [6.45, 7) is 6.22. The van der Waals surface area contributed by atoms with Gasteiger partial charge in [0, 0.05) is 0 Å². The van der Waals surface area contributed by atoms with Crippen LogP contribution in [0.5, 0.6) is 0 Å². The highest BCUT2D eigenvalue weighted by Crippen LogP contribution is 2.25. The van der Waals surface area contributed by atoms with Crippen LogP contribution >= 0.6 is 0 Å². The molecule has 0 spiro atoms. The summed E-state index contributed by atoms with van der Waals surface area (Å²) in [5, 5.41) is 0. The zero-order valence-electron chi connectivity index (χ0n) is 11.5. The second-order valence-electron chi connectivity index (χ2n) is 5.72. The summed E-state index contributed by atoms with van der Waals surface area (Å²) in [5.41, 5.74) is 1.58. The molecule has 104 valence electrons. The third-order valence-electron chi connectivity index (χ3n) is 3.00. The first kappa shape index (κ1) is 14.9. The fourth-order valence-electron chi connectivity index (χ4n) is 2.26. The van der Waals surface area contributed by atoms with Gasteiger partial charge < -0.3 is 4.74 Å². The third-order valence-corrected chi connectivity index (χ3v) is 3.00. The molecular weight excluding hydrogens is 234 g/mol. The molecule has 0 aromatic heterocycles. The van der Waals surface area contributed by atoms with Gasteiger partial charge >= 0.3 is 5.97 Å². The molecule has 0 bridgehead atoms. The molecule has 0 aliphatic carbocycles. The van der Waals surface area contributed by atoms with Crippen molar-refractivity contribution in [1.29, 1.82) is 0 Å². The van der Waals surface area contributed by atoms with Crippen molar-refractivity contribution >= 4 is 11.9 Å². The van der Waals surface area contributed by atoms with E-state index in [1.807, 2.05) is 32.7 Å². The smallest absolute Gasteiger partial charge is 0.311 e. The van der Waals surface area contributed by atoms with E-state index in [-0.39, 0.29) is 11.9 Å². The van der Waals surface area contributed by atoms with Crippen LogP contribution in [-0.2, 0) is 14.3 Å². The first-order chi connectivity index (χ1) is 8.26. The third kappa shape index (κ3) is 3.68. The van der Waals surface area contributed by atoms with Crippen LogP contribution in [0.2, 0.25) is 0 Å². The Morgan fingerprint density at radius 1 is 1.39 bits per heavy atom. The number of amides is 1. The fourth-order valence-corrected chi connectivity index (χ4v) is 2.26. The number of likely N-dealkylation sites (N-methyl/N-ethyl adjacent to an activating group) is 1. The van der Waals surface area contributed by atoms with Crippen molar-refractivity contribution in [2.75, 3.05) is 13.6 Å². The molecule has 0 unspecified atom stereocenters. The van der Waals surface area contributed by atoms with Gasteiger partial charge in [0.1, 0.15) is 11.6 Å². The minimum Gasteiger partial charge on any atom is -0.460 e. The number of carbonyl (C=O) groups excluding carboxylic acids is 2. The maximum atomic E-state index is 12.1. The van der Waals surface area contributed by atoms with Crippen LogP contribution in [-0.4, -0.2) is 42.0 Å². The van der Waals surface area contributed by atoms with Crippen LogP contribution in [0.1, 0.15) is 33.6 Å². The van der Waals surface area contributed by atoms with Crippen LogP contribution in [0.4, 0.5) is 0 Å². The molecule has 2 atom stereocenters. The number of hydrogen-bond acceptors (Lipinski definition) is 5. The number of likely N-dealkylation sites (tertiary alicyclic amines) is 1. The Bertz CT molecular complexity index is 325. The second-order valence-corrected chi connectivity index (χ2v) is 5.72. The summed E-state index contributed by atoms with van der Waals surface area (Å²) in [5.74, 6) is 4.05. The van der Waals surface area contributed by atoms with Crippen LogP contribution in [0, 0.1) is 5.92 Å². The average molecular weight is 257 g/mol. The second kappa shape index (κ2) is 5.67. The molecule has 1 amide bonds. The predicted octanol–water partition coefficient (Wildman–Crippen LogP) is 0.0284. The Labute approximate surface area is 108 Å². The van der Waals surface area contributed by atoms with E-state index < -0.39 is 17.6 Å². The van der Waals surface area contributed by atoms with Crippen molar-refractivity contribution in [3.8, 4) is 0 Å². The number of carbonyl (C=O) groups is 2. The Morgan fingerprint density at radius 3 is 2.50 bits per heavy atom. The van der Waals surface area contributed by atoms with Crippen molar-refractivity contribution in [3.05, 3.63) is 0 Å². The van der Waals surface area contributed by atoms with Crippen molar-refractivity contribution in [3.63, 3.8) is 0 Å². The van der Waals surface area contributed by atoms with Gasteiger partial charge in [0.2, 0.25) is 0 Å². The number of hydrogen-bond donors (Lipinski definition) is 2. The van der Waals surface area contributed by atoms with Gasteiger partial charge in [-0.05, 0) is 47.2 Å². The standard InChI is InChI=1S/C12H23N3O3/c1-12(2,3)18-11(17)8-6-5-7-15(4)9(8)10(16)14-13/h8-9H,5-7,13H2,1-4H3,(H,14,16)/t8-,9-/m0/s1. The summed E-state index contributed by atoms with van der Waals surface area (Å²) < 4.78 is 5.36. The summed E-state index contributed by atoms with van der Waals surface area (Å²) in [7, 11) is 1.82. The summed E-state index contributed by atoms with van der Waals surface area (Å²) in [6, 6.07) is -0.543. The number of hydrazine groups is 1. The molecule has 1 aliphatic rings. The first-order valence-electron chi connectivity index (χ1n) is 6.20. The number of nitrogens with one attached hydrogen (secondary N) is 1. The van der Waals surface area contributed by atoms with Gasteiger partial charge in [-0.25, -0.2) is 5.84 Å². The van der Waals surface area contributed by atoms with Gasteiger partial charge in [-0.1, -0.05) is 0 Å². The number of nitrogens with two attached hydrogens (primary N) is 1. The minimum absolute atomic E-state index is 0.331. The topological polar surface area (TPSA) is 84.7 Å². The molecular formula is C12H23N3O3. The molecule has 1 rings (SSSR count). The van der Waals surface area contributed by atoms with Gasteiger partial charge in [0.15, 0.2) is 0 Å². The molecule has 1 saturated heterocycles. The quantitative estimate of drug-likeness (QED) is 0.315. The summed E-state index contributed by atoms with van der Waals surface area (Å²) in [6.07, 6.45) is 1.52. The van der Waals surface area contributed by atoms with Crippen molar-refractivity contribution in [2.45, 2.75) is 45.3 Å². The lowest BCUT2D eigenvalue weighted by molar-refractivity contribution is -0.166. The molecule has 3 N–H and O–H groups in total. The average Bonchev–Trinajstić information content (AvgIpc) is 2.25. The number of piperidine rings is 1. The molecule has 1 fully saturated rings. The monoisotopic (exact) mass is 257 g/mol. The van der Waals surface area contributed by atoms with Gasteiger partial charge in [0.05, 0.1) is 5.92 Å². The lowest BCUT2D eigenvalue weighted by Gasteiger charge is -2.37. The van der Waals surface area contributed by atoms with Crippen LogP contribution in [0.25, 0.3) is 0 Å². The fraction of sp³-hybridized carbons (Fsp3) is 0.833. The predicted molar refractivity (Wildman–Crippen MR) is 67.3 cm³/mol. The van der Waals surface area contributed by atoms with Crippen molar-refractivity contribution in [1.82, 2.24) is 10.3 Å². The SMILES string of the molecule is CN1CCC[C@H](C(=O)OC(C)(C)C)[C@H]1C(=O)NN. The maximum Gasteiger partial charge on any atom is 0.311 e. The van der Waals surface area contributed by atoms with Gasteiger partial charge in [-0.2, -0.15) is 0 Å². The van der Waals surface area contributed by atoms with E-state index in [0.29, 0.717) is 6.42 Å². The lowest BCUT2D eigenvalue weighted by atomic mass is 9.89. The van der Waals surface area contributed by atoms with E-state index in [0.717, 1.165) is 13.0 Å². The Balaban J connectivity index is 2.82. The van der Waals surface area contributed by atoms with E-state index >= 15 is 0 Å². The minimum atomic E-state index is -0.545. The van der Waals surface area contributed by atoms with Crippen molar-refractivity contribution < 1.29 is 14.3 Å². The molecule has 6 nitrogen and oxygen atoms in total. The molecule has 0 saturated carbocycles. The largest absolute Gasteiger partial charge is 0.460 e. The maximum absolute atomic E-state index is 12.1. The number of esters is 1. The van der Waals surface area contributed by atoms with E-state index in [1.165, 1.54) is 0 Å². The van der Waals surface area contributed by atoms with Gasteiger partial charge in [0.25, 0.3) is 5.91 Å². The molecule has 18 heavy (non-hydrogen) atoms. The molecule has 0 radical (unpaired) electrons. The van der Waals surface area contributed by atoms with Gasteiger partial charge in [-0.3, -0.25) is 19.9 Å². The first-order valence-corrected chi connectivity index (χ1v) is 6.20. The molecule has 0 aromatic carbocycles. The Kier molecular flexibility index (Phi) is 4.70. The highest BCUT2D eigenvalue weighted by molar-refractivity contribution is 5.88. The normalized spacial score (nSPS) is 25.6. The highest BCUT2D eigenvalue weighted by atomic mass is 16.6. The van der Waals surface area contributed by atoms with Crippen LogP contribution in [0.15, 0.2) is 0 Å². The molecule has 1 aliphatic heterocycles. The van der Waals surface area contributed by atoms with E-state index in [1.54, 1.807) is 0 Å². The summed E-state index contributed by atoms with van der Waals surface area (Å²) in [4.78, 5) is 25.7. The van der Waals surface area contributed by atoms with E-state index in [2.05, 4.69) is 5.43 Å². The molecule has 6 heteroatoms. The Hall–Kier alpha value is -1.14. The zero-order valence-corrected chi connectivity index (χ0v) is 11.5. The highest BCUT2D eigenvalue weighted by Gasteiger charge is 2.40. The summed E-state index contributed by atoms with van der Waals surface area (Å²) >= 11 is 0. The number of rotatable bonds is 2. The lowest BCUT2D eigenvalue weighted by Crippen LogP contribution is -2.56. The van der Waals surface area contributed by atoms with Crippen LogP contribution in [0.3, 0.4) is 0 Å². The Morgan fingerprint density at radius 2 is 2.00 bits per heavy atom. The van der Waals surface area contributed by atoms with Crippen LogP contribution < -0.4 is 11.3 Å².